The number of nitrogens with zero attached hydrogens (tertiary/aromatic N) is 1. The summed E-state index contributed by atoms with van der Waals surface area (Å²) < 4.78 is 0. The van der Waals surface area contributed by atoms with Crippen molar-refractivity contribution >= 4 is 0 Å². The average Bonchev–Trinajstić information content (AvgIpc) is 2.50. The second-order valence-electron chi connectivity index (χ2n) is 8.07. The Bertz CT molecular complexity index is 327. The van der Waals surface area contributed by atoms with Gasteiger partial charge in [-0.2, -0.15) is 0 Å². The van der Waals surface area contributed by atoms with E-state index in [0.717, 1.165) is 30.3 Å². The highest BCUT2D eigenvalue weighted by Crippen LogP contribution is 2.45. The molecule has 2 nitrogen and oxygen atoms in total. The Hall–Kier alpha value is -0.0800. The fraction of sp³-hybridized carbons (Fsp3) is 1.00. The highest BCUT2D eigenvalue weighted by Gasteiger charge is 2.46. The van der Waals surface area contributed by atoms with Crippen LogP contribution in [-0.4, -0.2) is 29.6 Å². The van der Waals surface area contributed by atoms with Gasteiger partial charge in [0.25, 0.3) is 0 Å². The monoisotopic (exact) mass is 278 g/mol. The first-order valence-electron chi connectivity index (χ1n) is 9.13. The van der Waals surface area contributed by atoms with Crippen LogP contribution in [0.3, 0.4) is 0 Å². The minimum absolute atomic E-state index is 0.340. The van der Waals surface area contributed by atoms with Gasteiger partial charge in [-0.05, 0) is 69.2 Å². The maximum absolute atomic E-state index is 6.36. The topological polar surface area (TPSA) is 29.3 Å². The summed E-state index contributed by atoms with van der Waals surface area (Å²) in [5.41, 5.74) is 6.70. The van der Waals surface area contributed by atoms with Crippen molar-refractivity contribution in [3.05, 3.63) is 0 Å². The van der Waals surface area contributed by atoms with Gasteiger partial charge in [-0.25, -0.2) is 0 Å². The Labute approximate surface area is 125 Å². The number of fused-ring (bicyclic) bond motifs is 1. The maximum atomic E-state index is 6.36. The minimum atomic E-state index is 0.340. The SMILES string of the molecule is CC1CCC(CN)(N2CCC[C@H]3CCCC[C@H]32)CC1C. The summed E-state index contributed by atoms with van der Waals surface area (Å²) in [7, 11) is 0. The normalized spacial score (nSPS) is 47.0. The molecule has 5 atom stereocenters. The summed E-state index contributed by atoms with van der Waals surface area (Å²) >= 11 is 0. The van der Waals surface area contributed by atoms with E-state index in [1.54, 1.807) is 0 Å². The fourth-order valence-corrected chi connectivity index (χ4v) is 5.46. The zero-order valence-corrected chi connectivity index (χ0v) is 13.6. The van der Waals surface area contributed by atoms with Gasteiger partial charge in [0.2, 0.25) is 0 Å². The smallest absolute Gasteiger partial charge is 0.0337 e. The highest BCUT2D eigenvalue weighted by atomic mass is 15.2. The molecule has 3 aliphatic rings. The number of hydrogen-bond donors (Lipinski definition) is 1. The second-order valence-corrected chi connectivity index (χ2v) is 8.07. The first kappa shape index (κ1) is 14.8. The number of likely N-dealkylation sites (tertiary alicyclic amines) is 1. The molecule has 2 heteroatoms. The molecule has 0 spiro atoms. The molecule has 3 fully saturated rings. The van der Waals surface area contributed by atoms with Crippen LogP contribution in [0.4, 0.5) is 0 Å². The Morgan fingerprint density at radius 1 is 1.00 bits per heavy atom. The van der Waals surface area contributed by atoms with Crippen LogP contribution in [0.5, 0.6) is 0 Å². The maximum Gasteiger partial charge on any atom is 0.0337 e. The number of piperidine rings is 1. The van der Waals surface area contributed by atoms with E-state index < -0.39 is 0 Å². The molecule has 0 radical (unpaired) electrons. The third-order valence-corrected chi connectivity index (χ3v) is 6.97. The molecular formula is C18H34N2. The molecule has 1 aliphatic heterocycles. The zero-order valence-electron chi connectivity index (χ0n) is 13.6. The first-order valence-corrected chi connectivity index (χ1v) is 9.13. The van der Waals surface area contributed by atoms with Crippen LogP contribution in [-0.2, 0) is 0 Å². The minimum Gasteiger partial charge on any atom is -0.329 e. The quantitative estimate of drug-likeness (QED) is 0.832. The van der Waals surface area contributed by atoms with Gasteiger partial charge in [0.15, 0.2) is 0 Å². The van der Waals surface area contributed by atoms with Crippen LogP contribution in [0, 0.1) is 17.8 Å². The summed E-state index contributed by atoms with van der Waals surface area (Å²) in [4.78, 5) is 2.92. The van der Waals surface area contributed by atoms with E-state index in [1.807, 2.05) is 0 Å². The van der Waals surface area contributed by atoms with Gasteiger partial charge >= 0.3 is 0 Å². The van der Waals surface area contributed by atoms with Crippen molar-refractivity contribution in [1.29, 1.82) is 0 Å². The molecule has 0 aromatic rings. The van der Waals surface area contributed by atoms with Gasteiger partial charge in [0.05, 0.1) is 0 Å². The van der Waals surface area contributed by atoms with Crippen molar-refractivity contribution in [2.75, 3.05) is 13.1 Å². The summed E-state index contributed by atoms with van der Waals surface area (Å²) in [5.74, 6) is 2.72. The largest absolute Gasteiger partial charge is 0.329 e. The van der Waals surface area contributed by atoms with Crippen molar-refractivity contribution in [3.63, 3.8) is 0 Å². The van der Waals surface area contributed by atoms with E-state index in [9.17, 15) is 0 Å². The van der Waals surface area contributed by atoms with Gasteiger partial charge in [0.1, 0.15) is 0 Å². The summed E-state index contributed by atoms with van der Waals surface area (Å²) in [6.07, 6.45) is 12.8. The lowest BCUT2D eigenvalue weighted by atomic mass is 9.67. The van der Waals surface area contributed by atoms with Crippen LogP contribution in [0.15, 0.2) is 0 Å². The molecule has 2 aliphatic carbocycles. The molecule has 2 saturated carbocycles. The van der Waals surface area contributed by atoms with Gasteiger partial charge < -0.3 is 5.73 Å². The van der Waals surface area contributed by atoms with Crippen LogP contribution in [0.1, 0.15) is 71.6 Å². The summed E-state index contributed by atoms with van der Waals surface area (Å²) in [5, 5.41) is 0. The lowest BCUT2D eigenvalue weighted by Gasteiger charge is -2.56. The number of nitrogens with two attached hydrogens (primary N) is 1. The van der Waals surface area contributed by atoms with Gasteiger partial charge in [0, 0.05) is 18.1 Å². The van der Waals surface area contributed by atoms with Gasteiger partial charge in [-0.15, -0.1) is 0 Å². The van der Waals surface area contributed by atoms with E-state index >= 15 is 0 Å². The molecule has 20 heavy (non-hydrogen) atoms. The molecule has 116 valence electrons. The van der Waals surface area contributed by atoms with E-state index in [4.69, 9.17) is 5.73 Å². The van der Waals surface area contributed by atoms with Crippen molar-refractivity contribution in [2.24, 2.45) is 23.5 Å². The third kappa shape index (κ3) is 2.54. The lowest BCUT2D eigenvalue weighted by molar-refractivity contribution is -0.0589. The predicted octanol–water partition coefficient (Wildman–Crippen LogP) is 3.79. The molecule has 0 amide bonds. The average molecular weight is 278 g/mol. The Kier molecular flexibility index (Phi) is 4.42. The molecule has 2 N–H and O–H groups in total. The van der Waals surface area contributed by atoms with E-state index in [2.05, 4.69) is 18.7 Å². The van der Waals surface area contributed by atoms with Gasteiger partial charge in [-0.1, -0.05) is 26.7 Å². The predicted molar refractivity (Wildman–Crippen MR) is 85.7 cm³/mol. The van der Waals surface area contributed by atoms with Crippen LogP contribution in [0.2, 0.25) is 0 Å². The molecular weight excluding hydrogens is 244 g/mol. The van der Waals surface area contributed by atoms with Crippen LogP contribution >= 0.6 is 0 Å². The third-order valence-electron chi connectivity index (χ3n) is 6.97. The molecule has 0 aromatic heterocycles. The molecule has 3 rings (SSSR count). The standard InChI is InChI=1S/C18H34N2/c1-14-9-10-18(13-19,12-15(14)2)20-11-5-7-16-6-3-4-8-17(16)20/h14-17H,3-13,19H2,1-2H3/t14?,15?,16-,17-,18?/m1/s1. The van der Waals surface area contributed by atoms with Crippen LogP contribution < -0.4 is 5.73 Å². The molecule has 0 bridgehead atoms. The summed E-state index contributed by atoms with van der Waals surface area (Å²) in [6, 6.07) is 0.863. The zero-order chi connectivity index (χ0) is 14.2. The van der Waals surface area contributed by atoms with Crippen molar-refractivity contribution < 1.29 is 0 Å². The van der Waals surface area contributed by atoms with Gasteiger partial charge in [-0.3, -0.25) is 4.90 Å². The summed E-state index contributed by atoms with van der Waals surface area (Å²) in [6.45, 7) is 7.09. The molecule has 3 unspecified atom stereocenters. The van der Waals surface area contributed by atoms with Crippen molar-refractivity contribution in [3.8, 4) is 0 Å². The van der Waals surface area contributed by atoms with E-state index in [1.165, 1.54) is 64.3 Å². The number of rotatable bonds is 2. The molecule has 0 aromatic carbocycles. The molecule has 1 heterocycles. The van der Waals surface area contributed by atoms with E-state index in [-0.39, 0.29) is 0 Å². The van der Waals surface area contributed by atoms with Crippen molar-refractivity contribution in [1.82, 2.24) is 4.90 Å². The Balaban J connectivity index is 1.80. The second kappa shape index (κ2) is 5.96. The Morgan fingerprint density at radius 2 is 1.75 bits per heavy atom. The molecule has 1 saturated heterocycles. The fourth-order valence-electron chi connectivity index (χ4n) is 5.46. The lowest BCUT2D eigenvalue weighted by Crippen LogP contribution is -2.63. The Morgan fingerprint density at radius 3 is 2.50 bits per heavy atom. The number of hydrogen-bond acceptors (Lipinski definition) is 2. The van der Waals surface area contributed by atoms with Crippen molar-refractivity contribution in [2.45, 2.75) is 83.2 Å². The van der Waals surface area contributed by atoms with Crippen LogP contribution in [0.25, 0.3) is 0 Å². The van der Waals surface area contributed by atoms with E-state index in [0.29, 0.717) is 5.54 Å². The first-order chi connectivity index (χ1) is 9.66. The highest BCUT2D eigenvalue weighted by molar-refractivity contribution is 5.02.